The molecule has 162 valence electrons. The maximum absolute atomic E-state index is 13.0. The van der Waals surface area contributed by atoms with Gasteiger partial charge in [0.1, 0.15) is 11.4 Å². The summed E-state index contributed by atoms with van der Waals surface area (Å²) in [4.78, 5) is 19.9. The van der Waals surface area contributed by atoms with Crippen LogP contribution in [-0.4, -0.2) is 52.7 Å². The topological polar surface area (TPSA) is 76.3 Å². The van der Waals surface area contributed by atoms with Gasteiger partial charge in [-0.2, -0.15) is 0 Å². The Morgan fingerprint density at radius 2 is 2.13 bits per heavy atom. The van der Waals surface area contributed by atoms with Crippen molar-refractivity contribution in [1.29, 1.82) is 0 Å². The molecule has 2 aliphatic heterocycles. The average molecular weight is 421 g/mol. The highest BCUT2D eigenvalue weighted by Gasteiger charge is 2.40. The van der Waals surface area contributed by atoms with E-state index in [2.05, 4.69) is 9.88 Å². The molecular weight excluding hydrogens is 394 g/mol. The maximum Gasteiger partial charge on any atom is 0.261 e. The van der Waals surface area contributed by atoms with Crippen LogP contribution in [0.4, 0.5) is 0 Å². The Bertz CT molecular complexity index is 1220. The fourth-order valence-electron chi connectivity index (χ4n) is 5.03. The maximum atomic E-state index is 13.0. The summed E-state index contributed by atoms with van der Waals surface area (Å²) < 4.78 is 13.0. The lowest BCUT2D eigenvalue weighted by atomic mass is 9.86. The van der Waals surface area contributed by atoms with Gasteiger partial charge in [0.25, 0.3) is 5.56 Å². The van der Waals surface area contributed by atoms with Crippen molar-refractivity contribution in [3.63, 3.8) is 0 Å². The molecule has 2 aromatic heterocycles. The SMILES string of the molecule is COc1cc2c(c(O)c1C)OC[C@@H]1CN(CCc3c(C)nc4ccccn4c3=O)C[C@H]21. The first-order chi connectivity index (χ1) is 15.0. The van der Waals surface area contributed by atoms with Crippen molar-refractivity contribution >= 4 is 5.65 Å². The van der Waals surface area contributed by atoms with Crippen molar-refractivity contribution in [2.24, 2.45) is 5.92 Å². The van der Waals surface area contributed by atoms with Crippen molar-refractivity contribution < 1.29 is 14.6 Å². The molecule has 1 saturated heterocycles. The van der Waals surface area contributed by atoms with Gasteiger partial charge in [0.15, 0.2) is 11.5 Å². The molecule has 1 N–H and O–H groups in total. The summed E-state index contributed by atoms with van der Waals surface area (Å²) in [5.74, 6) is 2.09. The van der Waals surface area contributed by atoms with Crippen molar-refractivity contribution in [2.45, 2.75) is 26.2 Å². The second-order valence-electron chi connectivity index (χ2n) is 8.57. The number of pyridine rings is 1. The number of methoxy groups -OCH3 is 1. The van der Waals surface area contributed by atoms with E-state index in [1.807, 2.05) is 38.1 Å². The number of hydrogen-bond donors (Lipinski definition) is 1. The van der Waals surface area contributed by atoms with Crippen molar-refractivity contribution in [1.82, 2.24) is 14.3 Å². The van der Waals surface area contributed by atoms with Gasteiger partial charge in [-0.15, -0.1) is 0 Å². The van der Waals surface area contributed by atoms with E-state index < -0.39 is 0 Å². The molecule has 31 heavy (non-hydrogen) atoms. The normalized spacial score (nSPS) is 20.4. The van der Waals surface area contributed by atoms with Crippen molar-refractivity contribution in [2.75, 3.05) is 33.4 Å². The van der Waals surface area contributed by atoms with Crippen LogP contribution in [0.25, 0.3) is 5.65 Å². The predicted molar refractivity (Wildman–Crippen MR) is 117 cm³/mol. The fraction of sp³-hybridized carbons (Fsp3) is 0.417. The third-order valence-corrected chi connectivity index (χ3v) is 6.78. The zero-order valence-corrected chi connectivity index (χ0v) is 18.1. The zero-order valence-electron chi connectivity index (χ0n) is 18.1. The number of phenols is 1. The second-order valence-corrected chi connectivity index (χ2v) is 8.57. The second kappa shape index (κ2) is 7.57. The van der Waals surface area contributed by atoms with E-state index in [0.717, 1.165) is 36.5 Å². The largest absolute Gasteiger partial charge is 0.504 e. The number of ether oxygens (including phenoxy) is 2. The number of nitrogens with zero attached hydrogens (tertiary/aromatic N) is 3. The van der Waals surface area contributed by atoms with Crippen LogP contribution in [0.2, 0.25) is 0 Å². The summed E-state index contributed by atoms with van der Waals surface area (Å²) in [6, 6.07) is 7.60. The molecule has 0 bridgehead atoms. The standard InChI is InChI=1S/C24H27N3O4/c1-14-20(30-3)10-18-19-12-26(11-16(19)13-31-23(18)22(14)28)9-7-17-15(2)25-21-6-4-5-8-27(21)24(17)29/h4-6,8,10,16,19,28H,7,9,11-13H2,1-3H3/t16-,19-/m0/s1. The van der Waals surface area contributed by atoms with Crippen molar-refractivity contribution in [3.8, 4) is 17.2 Å². The van der Waals surface area contributed by atoms with Crippen LogP contribution < -0.4 is 15.0 Å². The highest BCUT2D eigenvalue weighted by atomic mass is 16.5. The van der Waals surface area contributed by atoms with E-state index in [1.54, 1.807) is 17.7 Å². The summed E-state index contributed by atoms with van der Waals surface area (Å²) >= 11 is 0. The molecule has 2 aliphatic rings. The first kappa shape index (κ1) is 19.9. The molecule has 0 saturated carbocycles. The molecule has 0 spiro atoms. The van der Waals surface area contributed by atoms with E-state index in [1.165, 1.54) is 0 Å². The molecule has 3 aromatic rings. The molecular formula is C24H27N3O4. The molecule has 7 nitrogen and oxygen atoms in total. The Labute approximate surface area is 180 Å². The first-order valence-electron chi connectivity index (χ1n) is 10.7. The van der Waals surface area contributed by atoms with E-state index >= 15 is 0 Å². The number of likely N-dealkylation sites (tertiary alicyclic amines) is 1. The fourth-order valence-corrected chi connectivity index (χ4v) is 5.03. The van der Waals surface area contributed by atoms with E-state index in [9.17, 15) is 9.90 Å². The van der Waals surface area contributed by atoms with Gasteiger partial charge < -0.3 is 19.5 Å². The molecule has 7 heteroatoms. The monoisotopic (exact) mass is 421 g/mol. The highest BCUT2D eigenvalue weighted by Crippen LogP contribution is 2.49. The number of aryl methyl sites for hydroxylation is 1. The molecule has 0 radical (unpaired) electrons. The Morgan fingerprint density at radius 1 is 1.29 bits per heavy atom. The van der Waals surface area contributed by atoms with Gasteiger partial charge in [0, 0.05) is 60.1 Å². The molecule has 0 aliphatic carbocycles. The lowest BCUT2D eigenvalue weighted by Crippen LogP contribution is -2.28. The Kier molecular flexibility index (Phi) is 4.85. The molecule has 0 amide bonds. The molecule has 2 atom stereocenters. The minimum Gasteiger partial charge on any atom is -0.504 e. The van der Waals surface area contributed by atoms with Gasteiger partial charge in [-0.05, 0) is 38.5 Å². The van der Waals surface area contributed by atoms with E-state index in [4.69, 9.17) is 9.47 Å². The molecule has 0 unspecified atom stereocenters. The van der Waals surface area contributed by atoms with E-state index in [0.29, 0.717) is 41.7 Å². The van der Waals surface area contributed by atoms with Crippen LogP contribution in [0.3, 0.4) is 0 Å². The quantitative estimate of drug-likeness (QED) is 0.698. The number of aromatic hydroxyl groups is 1. The Balaban J connectivity index is 1.37. The van der Waals surface area contributed by atoms with Gasteiger partial charge in [-0.3, -0.25) is 9.20 Å². The molecule has 1 fully saturated rings. The van der Waals surface area contributed by atoms with Crippen molar-refractivity contribution in [3.05, 3.63) is 63.2 Å². The van der Waals surface area contributed by atoms with Crippen LogP contribution in [0.15, 0.2) is 35.3 Å². The van der Waals surface area contributed by atoms with E-state index in [-0.39, 0.29) is 17.2 Å². The number of aromatic nitrogens is 2. The van der Waals surface area contributed by atoms with Gasteiger partial charge in [-0.1, -0.05) is 6.07 Å². The number of hydrogen-bond acceptors (Lipinski definition) is 6. The number of fused-ring (bicyclic) bond motifs is 4. The first-order valence-corrected chi connectivity index (χ1v) is 10.7. The predicted octanol–water partition coefficient (Wildman–Crippen LogP) is 2.68. The third-order valence-electron chi connectivity index (χ3n) is 6.78. The van der Waals surface area contributed by atoms with Crippen LogP contribution in [-0.2, 0) is 6.42 Å². The molecule has 1 aromatic carbocycles. The highest BCUT2D eigenvalue weighted by molar-refractivity contribution is 5.59. The zero-order chi connectivity index (χ0) is 21.7. The summed E-state index contributed by atoms with van der Waals surface area (Å²) in [7, 11) is 1.62. The number of benzene rings is 1. The van der Waals surface area contributed by atoms with Crippen LogP contribution in [0, 0.1) is 19.8 Å². The lowest BCUT2D eigenvalue weighted by molar-refractivity contribution is 0.204. The lowest BCUT2D eigenvalue weighted by Gasteiger charge is -2.29. The Hall–Kier alpha value is -3.06. The minimum atomic E-state index is 0.0125. The van der Waals surface area contributed by atoms with Gasteiger partial charge in [0.2, 0.25) is 0 Å². The summed E-state index contributed by atoms with van der Waals surface area (Å²) in [6.07, 6.45) is 2.43. The number of rotatable bonds is 4. The minimum absolute atomic E-state index is 0.0125. The third kappa shape index (κ3) is 3.24. The number of phenolic OH excluding ortho intramolecular Hbond substituents is 1. The van der Waals surface area contributed by atoms with Gasteiger partial charge in [-0.25, -0.2) is 4.98 Å². The summed E-state index contributed by atoms with van der Waals surface area (Å²) in [5.41, 5.74) is 3.98. The van der Waals surface area contributed by atoms with Crippen LogP contribution in [0.1, 0.15) is 28.3 Å². The van der Waals surface area contributed by atoms with Gasteiger partial charge in [0.05, 0.1) is 13.7 Å². The average Bonchev–Trinajstić information content (AvgIpc) is 3.19. The van der Waals surface area contributed by atoms with Crippen LogP contribution in [0.5, 0.6) is 17.2 Å². The van der Waals surface area contributed by atoms with Gasteiger partial charge >= 0.3 is 0 Å². The summed E-state index contributed by atoms with van der Waals surface area (Å²) in [5, 5.41) is 10.6. The van der Waals surface area contributed by atoms with Crippen LogP contribution >= 0.6 is 0 Å². The molecule has 4 heterocycles. The summed E-state index contributed by atoms with van der Waals surface area (Å²) in [6.45, 7) is 6.90. The Morgan fingerprint density at radius 3 is 2.94 bits per heavy atom. The smallest absolute Gasteiger partial charge is 0.261 e. The molecule has 5 rings (SSSR count).